The molecule has 0 saturated heterocycles. The summed E-state index contributed by atoms with van der Waals surface area (Å²) in [4.78, 5) is 0. The number of aryl methyl sites for hydroxylation is 2. The van der Waals surface area contributed by atoms with E-state index in [9.17, 15) is 4.39 Å². The second-order valence-electron chi connectivity index (χ2n) is 9.66. The summed E-state index contributed by atoms with van der Waals surface area (Å²) in [6.45, 7) is 4.32. The van der Waals surface area contributed by atoms with Crippen molar-refractivity contribution in [3.8, 4) is 23.7 Å². The molecule has 0 aliphatic carbocycles. The summed E-state index contributed by atoms with van der Waals surface area (Å²) in [5, 5.41) is 1.55. The predicted molar refractivity (Wildman–Crippen MR) is 155 cm³/mol. The van der Waals surface area contributed by atoms with Crippen molar-refractivity contribution in [2.75, 3.05) is 0 Å². The molecule has 0 aliphatic heterocycles. The van der Waals surface area contributed by atoms with E-state index >= 15 is 0 Å². The van der Waals surface area contributed by atoms with Gasteiger partial charge in [0.25, 0.3) is 0 Å². The first kappa shape index (κ1) is 26.3. The lowest BCUT2D eigenvalue weighted by molar-refractivity contribution is 0.619. The van der Waals surface area contributed by atoms with Gasteiger partial charge in [-0.3, -0.25) is 0 Å². The fourth-order valence-corrected chi connectivity index (χ4v) is 4.49. The summed E-state index contributed by atoms with van der Waals surface area (Å²) in [5.41, 5.74) is 5.98. The van der Waals surface area contributed by atoms with E-state index in [1.165, 1.54) is 37.7 Å². The van der Waals surface area contributed by atoms with Gasteiger partial charge in [-0.05, 0) is 84.3 Å². The Hall–Kier alpha value is -3.81. The van der Waals surface area contributed by atoms with Crippen molar-refractivity contribution >= 4 is 10.8 Å². The van der Waals surface area contributed by atoms with Crippen LogP contribution in [0.5, 0.6) is 0 Å². The van der Waals surface area contributed by atoms with E-state index in [1.807, 2.05) is 54.6 Å². The van der Waals surface area contributed by atoms with Crippen LogP contribution < -0.4 is 0 Å². The number of benzene rings is 4. The molecule has 0 radical (unpaired) electrons. The molecule has 0 amide bonds. The lowest BCUT2D eigenvalue weighted by Gasteiger charge is -2.06. The van der Waals surface area contributed by atoms with Gasteiger partial charge in [-0.1, -0.05) is 100.0 Å². The largest absolute Gasteiger partial charge is 0.206 e. The van der Waals surface area contributed by atoms with E-state index < -0.39 is 0 Å². The van der Waals surface area contributed by atoms with Crippen molar-refractivity contribution in [3.05, 3.63) is 118 Å². The molecule has 0 nitrogen and oxygen atoms in total. The van der Waals surface area contributed by atoms with Gasteiger partial charge in [-0.2, -0.15) is 0 Å². The van der Waals surface area contributed by atoms with Gasteiger partial charge in [-0.25, -0.2) is 4.39 Å². The smallest absolute Gasteiger partial charge is 0.134 e. The van der Waals surface area contributed by atoms with Crippen LogP contribution >= 0.6 is 0 Å². The van der Waals surface area contributed by atoms with Crippen molar-refractivity contribution in [3.63, 3.8) is 0 Å². The highest BCUT2D eigenvalue weighted by atomic mass is 19.1. The van der Waals surface area contributed by atoms with Crippen molar-refractivity contribution < 1.29 is 4.39 Å². The second kappa shape index (κ2) is 13.5. The average molecular weight is 487 g/mol. The topological polar surface area (TPSA) is 0 Å². The summed E-state index contributed by atoms with van der Waals surface area (Å²) in [6.07, 6.45) is 9.40. The maximum absolute atomic E-state index is 14.7. The minimum atomic E-state index is -0.107. The first-order valence-electron chi connectivity index (χ1n) is 13.6. The standard InChI is InChI=1S/C36H35F/c1-3-5-6-7-8-10-28-11-13-29(14-12-28)15-16-30-17-19-31(20-18-30)21-22-32-23-26-35-34(27-32)25-24-33(9-4-2)36(35)37/h11-14,17-20,23-27H,3-10H2,1-2H3. The monoisotopic (exact) mass is 486 g/mol. The highest BCUT2D eigenvalue weighted by Crippen LogP contribution is 2.23. The van der Waals surface area contributed by atoms with E-state index in [-0.39, 0.29) is 5.82 Å². The summed E-state index contributed by atoms with van der Waals surface area (Å²) in [7, 11) is 0. The number of hydrogen-bond donors (Lipinski definition) is 0. The molecule has 0 heterocycles. The van der Waals surface area contributed by atoms with Crippen molar-refractivity contribution in [2.24, 2.45) is 0 Å². The normalized spacial score (nSPS) is 10.5. The Morgan fingerprint density at radius 1 is 0.541 bits per heavy atom. The van der Waals surface area contributed by atoms with Crippen LogP contribution in [-0.2, 0) is 12.8 Å². The van der Waals surface area contributed by atoms with E-state index in [1.54, 1.807) is 0 Å². The highest BCUT2D eigenvalue weighted by molar-refractivity contribution is 5.85. The van der Waals surface area contributed by atoms with E-state index in [0.29, 0.717) is 5.39 Å². The van der Waals surface area contributed by atoms with Gasteiger partial charge < -0.3 is 0 Å². The molecule has 37 heavy (non-hydrogen) atoms. The fraction of sp³-hybridized carbons (Fsp3) is 0.278. The summed E-state index contributed by atoms with van der Waals surface area (Å²) in [6, 6.07) is 26.2. The molecule has 4 aromatic carbocycles. The SMILES string of the molecule is CCCCCCCc1ccc(C#Cc2ccc(C#Cc3ccc4c(F)c(CCC)ccc4c3)cc2)cc1. The van der Waals surface area contributed by atoms with Gasteiger partial charge in [0.15, 0.2) is 0 Å². The van der Waals surface area contributed by atoms with E-state index in [2.05, 4.69) is 61.8 Å². The maximum Gasteiger partial charge on any atom is 0.134 e. The molecule has 0 unspecified atom stereocenters. The molecular weight excluding hydrogens is 451 g/mol. The molecule has 0 fully saturated rings. The molecule has 0 N–H and O–H groups in total. The number of unbranched alkanes of at least 4 members (excludes halogenated alkanes) is 4. The van der Waals surface area contributed by atoms with Crippen LogP contribution in [0, 0.1) is 29.5 Å². The van der Waals surface area contributed by atoms with Gasteiger partial charge >= 0.3 is 0 Å². The van der Waals surface area contributed by atoms with E-state index in [4.69, 9.17) is 0 Å². The van der Waals surface area contributed by atoms with Crippen molar-refractivity contribution in [1.29, 1.82) is 0 Å². The van der Waals surface area contributed by atoms with Gasteiger partial charge in [0.05, 0.1) is 0 Å². The Labute approximate surface area is 222 Å². The zero-order valence-corrected chi connectivity index (χ0v) is 22.0. The average Bonchev–Trinajstić information content (AvgIpc) is 2.93. The highest BCUT2D eigenvalue weighted by Gasteiger charge is 2.06. The lowest BCUT2D eigenvalue weighted by atomic mass is 10.0. The summed E-state index contributed by atoms with van der Waals surface area (Å²) in [5.74, 6) is 12.8. The molecule has 1 heteroatoms. The van der Waals surface area contributed by atoms with Crippen LogP contribution in [0.3, 0.4) is 0 Å². The molecule has 0 bridgehead atoms. The van der Waals surface area contributed by atoms with Gasteiger partial charge in [-0.15, -0.1) is 0 Å². The first-order chi connectivity index (χ1) is 18.2. The molecule has 4 aromatic rings. The zero-order valence-electron chi connectivity index (χ0n) is 22.0. The van der Waals surface area contributed by atoms with Crippen molar-refractivity contribution in [1.82, 2.24) is 0 Å². The van der Waals surface area contributed by atoms with Crippen LogP contribution in [-0.4, -0.2) is 0 Å². The molecule has 0 saturated carbocycles. The Kier molecular flexibility index (Phi) is 9.57. The number of fused-ring (bicyclic) bond motifs is 1. The third-order valence-corrected chi connectivity index (χ3v) is 6.66. The Morgan fingerprint density at radius 2 is 1.11 bits per heavy atom. The fourth-order valence-electron chi connectivity index (χ4n) is 4.49. The van der Waals surface area contributed by atoms with Gasteiger partial charge in [0.2, 0.25) is 0 Å². The first-order valence-corrected chi connectivity index (χ1v) is 13.6. The Morgan fingerprint density at radius 3 is 1.73 bits per heavy atom. The molecule has 0 aliphatic rings. The third-order valence-electron chi connectivity index (χ3n) is 6.66. The van der Waals surface area contributed by atoms with Gasteiger partial charge in [0.1, 0.15) is 5.82 Å². The second-order valence-corrected chi connectivity index (χ2v) is 9.66. The minimum absolute atomic E-state index is 0.107. The maximum atomic E-state index is 14.7. The number of rotatable bonds is 8. The lowest BCUT2D eigenvalue weighted by Crippen LogP contribution is -1.91. The van der Waals surface area contributed by atoms with Gasteiger partial charge in [0, 0.05) is 27.6 Å². The van der Waals surface area contributed by atoms with Crippen LogP contribution in [0.25, 0.3) is 10.8 Å². The molecule has 0 spiro atoms. The van der Waals surface area contributed by atoms with Crippen LogP contribution in [0.1, 0.15) is 85.8 Å². The zero-order chi connectivity index (χ0) is 25.9. The van der Waals surface area contributed by atoms with E-state index in [0.717, 1.165) is 52.5 Å². The van der Waals surface area contributed by atoms with Crippen LogP contribution in [0.4, 0.5) is 4.39 Å². The summed E-state index contributed by atoms with van der Waals surface area (Å²) >= 11 is 0. The molecule has 0 atom stereocenters. The number of halogens is 1. The van der Waals surface area contributed by atoms with Crippen LogP contribution in [0.15, 0.2) is 78.9 Å². The van der Waals surface area contributed by atoms with Crippen molar-refractivity contribution in [2.45, 2.75) is 65.2 Å². The Balaban J connectivity index is 1.36. The predicted octanol–water partition coefficient (Wildman–Crippen LogP) is 9.24. The quantitative estimate of drug-likeness (QED) is 0.172. The molecule has 4 rings (SSSR count). The number of hydrogen-bond acceptors (Lipinski definition) is 0. The minimum Gasteiger partial charge on any atom is -0.206 e. The third kappa shape index (κ3) is 7.59. The van der Waals surface area contributed by atoms with Crippen LogP contribution in [0.2, 0.25) is 0 Å². The summed E-state index contributed by atoms with van der Waals surface area (Å²) < 4.78 is 14.7. The Bertz CT molecular complexity index is 1440. The molecular formula is C36H35F. The molecule has 186 valence electrons. The molecule has 0 aromatic heterocycles.